The van der Waals surface area contributed by atoms with E-state index in [0.717, 1.165) is 11.9 Å². The van der Waals surface area contributed by atoms with Crippen molar-refractivity contribution in [2.75, 3.05) is 13.2 Å². The van der Waals surface area contributed by atoms with Gasteiger partial charge in [0.1, 0.15) is 5.60 Å². The zero-order valence-corrected chi connectivity index (χ0v) is 11.6. The number of carbonyl (C=O) groups excluding carboxylic acids is 1. The first-order valence-electron chi connectivity index (χ1n) is 6.52. The van der Waals surface area contributed by atoms with Gasteiger partial charge in [-0.1, -0.05) is 12.1 Å². The molecule has 1 aromatic carbocycles. The topological polar surface area (TPSA) is 44.8 Å². The van der Waals surface area contributed by atoms with Crippen molar-refractivity contribution in [3.8, 4) is 0 Å². The van der Waals surface area contributed by atoms with E-state index in [1.807, 2.05) is 32.9 Å². The predicted molar refractivity (Wildman–Crippen MR) is 73.5 cm³/mol. The van der Waals surface area contributed by atoms with Crippen LogP contribution >= 0.6 is 0 Å². The molecule has 0 amide bonds. The monoisotopic (exact) mass is 262 g/mol. The van der Waals surface area contributed by atoms with Gasteiger partial charge in [-0.2, -0.15) is 0 Å². The SMILES string of the molecule is CC(C)(C)OC(=O)c1ccc(B2OCCCO2)cc1. The highest BCUT2D eigenvalue weighted by Crippen LogP contribution is 2.12. The van der Waals surface area contributed by atoms with E-state index in [1.54, 1.807) is 12.1 Å². The molecule has 0 unspecified atom stereocenters. The molecule has 0 N–H and O–H groups in total. The van der Waals surface area contributed by atoms with Crippen LogP contribution in [-0.2, 0) is 14.0 Å². The molecule has 0 radical (unpaired) electrons. The van der Waals surface area contributed by atoms with Gasteiger partial charge in [0.15, 0.2) is 0 Å². The summed E-state index contributed by atoms with van der Waals surface area (Å²) in [5.41, 5.74) is 0.979. The van der Waals surface area contributed by atoms with Crippen molar-refractivity contribution in [1.82, 2.24) is 0 Å². The van der Waals surface area contributed by atoms with E-state index in [2.05, 4.69) is 0 Å². The van der Waals surface area contributed by atoms with Gasteiger partial charge in [0.25, 0.3) is 0 Å². The van der Waals surface area contributed by atoms with Gasteiger partial charge in [0.2, 0.25) is 0 Å². The highest BCUT2D eigenvalue weighted by atomic mass is 16.6. The fourth-order valence-electron chi connectivity index (χ4n) is 1.79. The van der Waals surface area contributed by atoms with Gasteiger partial charge in [-0.05, 0) is 44.8 Å². The number of esters is 1. The van der Waals surface area contributed by atoms with Crippen molar-refractivity contribution < 1.29 is 18.8 Å². The molecule has 102 valence electrons. The molecule has 1 aromatic rings. The van der Waals surface area contributed by atoms with Gasteiger partial charge in [0.05, 0.1) is 5.56 Å². The lowest BCUT2D eigenvalue weighted by Crippen LogP contribution is -2.40. The first-order chi connectivity index (χ1) is 8.96. The average molecular weight is 262 g/mol. The molecule has 0 bridgehead atoms. The molecule has 1 aliphatic rings. The van der Waals surface area contributed by atoms with Gasteiger partial charge >= 0.3 is 13.1 Å². The van der Waals surface area contributed by atoms with E-state index in [0.29, 0.717) is 18.8 Å². The lowest BCUT2D eigenvalue weighted by Gasteiger charge is -2.21. The molecular weight excluding hydrogens is 243 g/mol. The molecule has 5 heteroatoms. The third-order valence-corrected chi connectivity index (χ3v) is 2.64. The number of hydrogen-bond acceptors (Lipinski definition) is 4. The van der Waals surface area contributed by atoms with E-state index >= 15 is 0 Å². The molecule has 2 rings (SSSR count). The molecule has 0 atom stereocenters. The molecule has 0 aliphatic carbocycles. The number of ether oxygens (including phenoxy) is 1. The molecule has 1 aliphatic heterocycles. The first-order valence-corrected chi connectivity index (χ1v) is 6.52. The molecule has 0 saturated carbocycles. The summed E-state index contributed by atoms with van der Waals surface area (Å²) in [4.78, 5) is 11.9. The minimum absolute atomic E-state index is 0.315. The Kier molecular flexibility index (Phi) is 4.27. The van der Waals surface area contributed by atoms with E-state index < -0.39 is 5.60 Å². The zero-order chi connectivity index (χ0) is 13.9. The van der Waals surface area contributed by atoms with Gasteiger partial charge in [0, 0.05) is 13.2 Å². The van der Waals surface area contributed by atoms with Crippen molar-refractivity contribution in [3.63, 3.8) is 0 Å². The largest absolute Gasteiger partial charge is 0.493 e. The van der Waals surface area contributed by atoms with Gasteiger partial charge in [-0.15, -0.1) is 0 Å². The van der Waals surface area contributed by atoms with Crippen molar-refractivity contribution in [1.29, 1.82) is 0 Å². The second kappa shape index (κ2) is 5.76. The first kappa shape index (κ1) is 14.1. The Morgan fingerprint density at radius 1 is 1.16 bits per heavy atom. The third kappa shape index (κ3) is 4.08. The average Bonchev–Trinajstić information content (AvgIpc) is 2.38. The Bertz CT molecular complexity index is 430. The molecule has 19 heavy (non-hydrogen) atoms. The molecular formula is C14H19BO4. The quantitative estimate of drug-likeness (QED) is 0.602. The van der Waals surface area contributed by atoms with E-state index in [-0.39, 0.29) is 13.1 Å². The predicted octanol–water partition coefficient (Wildman–Crippen LogP) is 1.77. The smallest absolute Gasteiger partial charge is 0.456 e. The number of benzene rings is 1. The zero-order valence-electron chi connectivity index (χ0n) is 11.6. The van der Waals surface area contributed by atoms with Crippen LogP contribution in [0.25, 0.3) is 0 Å². The number of rotatable bonds is 2. The Labute approximate surface area is 114 Å². The molecule has 1 fully saturated rings. The number of carbonyl (C=O) groups is 1. The van der Waals surface area contributed by atoms with E-state index in [1.165, 1.54) is 0 Å². The van der Waals surface area contributed by atoms with Crippen molar-refractivity contribution in [3.05, 3.63) is 29.8 Å². The Hall–Kier alpha value is -1.33. The molecule has 0 aromatic heterocycles. The van der Waals surface area contributed by atoms with Crippen LogP contribution in [0.3, 0.4) is 0 Å². The van der Waals surface area contributed by atoms with Crippen molar-refractivity contribution in [2.24, 2.45) is 0 Å². The van der Waals surface area contributed by atoms with Gasteiger partial charge in [-0.25, -0.2) is 4.79 Å². The normalized spacial score (nSPS) is 16.3. The van der Waals surface area contributed by atoms with Crippen LogP contribution in [0.5, 0.6) is 0 Å². The van der Waals surface area contributed by atoms with Crippen molar-refractivity contribution in [2.45, 2.75) is 32.8 Å². The maximum Gasteiger partial charge on any atom is 0.493 e. The van der Waals surface area contributed by atoms with Crippen LogP contribution in [-0.4, -0.2) is 31.9 Å². The summed E-state index contributed by atoms with van der Waals surface area (Å²) in [6.07, 6.45) is 0.923. The summed E-state index contributed by atoms with van der Waals surface area (Å²) < 4.78 is 16.3. The molecule has 4 nitrogen and oxygen atoms in total. The summed E-state index contributed by atoms with van der Waals surface area (Å²) in [6.45, 7) is 6.96. The standard InChI is InChI=1S/C14H19BO4/c1-14(2,3)19-13(16)11-5-7-12(8-6-11)15-17-9-4-10-18-15/h5-8H,4,9-10H2,1-3H3. The summed E-state index contributed by atoms with van der Waals surface area (Å²) in [5, 5.41) is 0. The Morgan fingerprint density at radius 2 is 1.74 bits per heavy atom. The minimum atomic E-state index is -0.481. The molecule has 1 heterocycles. The third-order valence-electron chi connectivity index (χ3n) is 2.64. The van der Waals surface area contributed by atoms with Crippen LogP contribution in [0.15, 0.2) is 24.3 Å². The van der Waals surface area contributed by atoms with E-state index in [4.69, 9.17) is 14.0 Å². The fraction of sp³-hybridized carbons (Fsp3) is 0.500. The summed E-state index contributed by atoms with van der Waals surface area (Å²) in [6, 6.07) is 7.17. The Balaban J connectivity index is 2.03. The minimum Gasteiger partial charge on any atom is -0.456 e. The van der Waals surface area contributed by atoms with Gasteiger partial charge < -0.3 is 14.0 Å². The van der Waals surface area contributed by atoms with Crippen LogP contribution < -0.4 is 5.46 Å². The van der Waals surface area contributed by atoms with Crippen LogP contribution in [0, 0.1) is 0 Å². The molecule has 1 saturated heterocycles. The maximum atomic E-state index is 11.9. The highest BCUT2D eigenvalue weighted by Gasteiger charge is 2.25. The second-order valence-electron chi connectivity index (χ2n) is 5.55. The maximum absolute atomic E-state index is 11.9. The molecule has 0 spiro atoms. The lowest BCUT2D eigenvalue weighted by molar-refractivity contribution is 0.00695. The fourth-order valence-corrected chi connectivity index (χ4v) is 1.79. The summed E-state index contributed by atoms with van der Waals surface area (Å²) in [5.74, 6) is -0.315. The lowest BCUT2D eigenvalue weighted by atomic mass is 9.78. The second-order valence-corrected chi connectivity index (χ2v) is 5.55. The summed E-state index contributed by atoms with van der Waals surface area (Å²) in [7, 11) is -0.318. The highest BCUT2D eigenvalue weighted by molar-refractivity contribution is 6.61. The number of hydrogen-bond donors (Lipinski definition) is 0. The summed E-state index contributed by atoms with van der Waals surface area (Å²) >= 11 is 0. The van der Waals surface area contributed by atoms with Crippen LogP contribution in [0.4, 0.5) is 0 Å². The van der Waals surface area contributed by atoms with Gasteiger partial charge in [-0.3, -0.25) is 0 Å². The Morgan fingerprint density at radius 3 is 2.26 bits per heavy atom. The van der Waals surface area contributed by atoms with E-state index in [9.17, 15) is 4.79 Å². The van der Waals surface area contributed by atoms with Crippen LogP contribution in [0.1, 0.15) is 37.6 Å². The van der Waals surface area contributed by atoms with Crippen molar-refractivity contribution >= 4 is 18.6 Å². The van der Waals surface area contributed by atoms with Crippen LogP contribution in [0.2, 0.25) is 0 Å².